The molecule has 2 heterocycles. The third kappa shape index (κ3) is 1.65. The van der Waals surface area contributed by atoms with Gasteiger partial charge in [-0.25, -0.2) is 0 Å². The van der Waals surface area contributed by atoms with E-state index in [-0.39, 0.29) is 0 Å². The van der Waals surface area contributed by atoms with Crippen molar-refractivity contribution in [2.24, 2.45) is 0 Å². The molecule has 0 aromatic carbocycles. The molecule has 2 rings (SSSR count). The summed E-state index contributed by atoms with van der Waals surface area (Å²) in [6.45, 7) is 5.80. The summed E-state index contributed by atoms with van der Waals surface area (Å²) in [4.78, 5) is 2.15. The van der Waals surface area contributed by atoms with Crippen LogP contribution in [0.5, 0.6) is 0 Å². The minimum Gasteiger partial charge on any atom is -0.354 e. The Morgan fingerprint density at radius 3 is 2.47 bits per heavy atom. The van der Waals surface area contributed by atoms with Crippen molar-refractivity contribution in [1.82, 2.24) is 10.2 Å². The average Bonchev–Trinajstić information content (AvgIpc) is 2.75. The summed E-state index contributed by atoms with van der Waals surface area (Å²) in [6.07, 6.45) is 2.36. The van der Waals surface area contributed by atoms with E-state index in [2.05, 4.69) is 21.2 Å². The molecule has 4 heteroatoms. The van der Waals surface area contributed by atoms with E-state index in [1.807, 2.05) is 13.8 Å². The highest BCUT2D eigenvalue weighted by atomic mass is 15.3. The van der Waals surface area contributed by atoms with Crippen LogP contribution in [0.1, 0.15) is 29.7 Å². The van der Waals surface area contributed by atoms with E-state index >= 15 is 0 Å². The smallest absolute Gasteiger partial charge is 0.169 e. The Morgan fingerprint density at radius 2 is 1.87 bits per heavy atom. The zero-order valence-corrected chi connectivity index (χ0v) is 9.12. The fourth-order valence-electron chi connectivity index (χ4n) is 1.88. The van der Waals surface area contributed by atoms with Gasteiger partial charge in [-0.05, 0) is 32.3 Å². The first-order valence-electron chi connectivity index (χ1n) is 5.23. The number of hydrogen-bond donors (Lipinski definition) is 0. The Hall–Kier alpha value is -1.63. The van der Waals surface area contributed by atoms with Crippen molar-refractivity contribution < 1.29 is 0 Å². The molecule has 0 atom stereocenters. The van der Waals surface area contributed by atoms with Crippen molar-refractivity contribution in [3.63, 3.8) is 0 Å². The van der Waals surface area contributed by atoms with Crippen LogP contribution in [0.2, 0.25) is 0 Å². The third-order valence-corrected chi connectivity index (χ3v) is 2.95. The number of anilines is 1. The van der Waals surface area contributed by atoms with Crippen LogP contribution in [0.4, 0.5) is 5.82 Å². The standard InChI is InChI=1S/C11H14N4/c1-8-9(2)13-14-11(10(8)7-12)15-5-3-4-6-15/h3-6H2,1-2H3. The van der Waals surface area contributed by atoms with Gasteiger partial charge >= 0.3 is 0 Å². The molecule has 1 aromatic heterocycles. The number of hydrogen-bond acceptors (Lipinski definition) is 4. The van der Waals surface area contributed by atoms with Crippen LogP contribution >= 0.6 is 0 Å². The molecule has 1 fully saturated rings. The SMILES string of the molecule is Cc1nnc(N2CCCC2)c(C#N)c1C. The van der Waals surface area contributed by atoms with Gasteiger partial charge in [-0.1, -0.05) is 0 Å². The molecule has 0 unspecified atom stereocenters. The van der Waals surface area contributed by atoms with E-state index < -0.39 is 0 Å². The van der Waals surface area contributed by atoms with Crippen LogP contribution < -0.4 is 4.90 Å². The lowest BCUT2D eigenvalue weighted by molar-refractivity contribution is 0.866. The summed E-state index contributed by atoms with van der Waals surface area (Å²) in [7, 11) is 0. The van der Waals surface area contributed by atoms with Gasteiger partial charge in [0.1, 0.15) is 11.6 Å². The third-order valence-electron chi connectivity index (χ3n) is 2.95. The van der Waals surface area contributed by atoms with Gasteiger partial charge in [-0.15, -0.1) is 5.10 Å². The summed E-state index contributed by atoms with van der Waals surface area (Å²) >= 11 is 0. The van der Waals surface area contributed by atoms with Crippen LogP contribution in [-0.4, -0.2) is 23.3 Å². The van der Waals surface area contributed by atoms with Crippen molar-refractivity contribution in [1.29, 1.82) is 5.26 Å². The molecule has 0 N–H and O–H groups in total. The molecule has 4 nitrogen and oxygen atoms in total. The number of aryl methyl sites for hydroxylation is 1. The first-order valence-corrected chi connectivity index (χ1v) is 5.23. The molecule has 0 aliphatic carbocycles. The van der Waals surface area contributed by atoms with Crippen molar-refractivity contribution in [3.8, 4) is 6.07 Å². The fourth-order valence-corrected chi connectivity index (χ4v) is 1.88. The van der Waals surface area contributed by atoms with Gasteiger partial charge in [0.2, 0.25) is 0 Å². The number of aromatic nitrogens is 2. The summed E-state index contributed by atoms with van der Waals surface area (Å²) in [5.41, 5.74) is 2.48. The Morgan fingerprint density at radius 1 is 1.20 bits per heavy atom. The lowest BCUT2D eigenvalue weighted by atomic mass is 10.1. The van der Waals surface area contributed by atoms with Crippen LogP contribution in [0.3, 0.4) is 0 Å². The minimum atomic E-state index is 0.685. The molecule has 78 valence electrons. The quantitative estimate of drug-likeness (QED) is 0.693. The maximum absolute atomic E-state index is 9.14. The lowest BCUT2D eigenvalue weighted by Gasteiger charge is -2.18. The van der Waals surface area contributed by atoms with Gasteiger partial charge < -0.3 is 4.90 Å². The number of rotatable bonds is 1. The van der Waals surface area contributed by atoms with Crippen molar-refractivity contribution in [2.45, 2.75) is 26.7 Å². The average molecular weight is 202 g/mol. The molecule has 0 radical (unpaired) electrons. The summed E-state index contributed by atoms with van der Waals surface area (Å²) in [5.74, 6) is 0.762. The topological polar surface area (TPSA) is 52.8 Å². The predicted molar refractivity (Wildman–Crippen MR) is 57.7 cm³/mol. The van der Waals surface area contributed by atoms with Crippen LogP contribution in [0, 0.1) is 25.2 Å². The van der Waals surface area contributed by atoms with Crippen LogP contribution in [-0.2, 0) is 0 Å². The van der Waals surface area contributed by atoms with E-state index in [1.54, 1.807) is 0 Å². The monoisotopic (exact) mass is 202 g/mol. The highest BCUT2D eigenvalue weighted by Gasteiger charge is 2.19. The molecular weight excluding hydrogens is 188 g/mol. The molecule has 0 saturated carbocycles. The van der Waals surface area contributed by atoms with Crippen molar-refractivity contribution in [3.05, 3.63) is 16.8 Å². The second-order valence-electron chi connectivity index (χ2n) is 3.91. The zero-order valence-electron chi connectivity index (χ0n) is 9.12. The highest BCUT2D eigenvalue weighted by Crippen LogP contribution is 2.24. The minimum absolute atomic E-state index is 0.685. The predicted octanol–water partition coefficient (Wildman–Crippen LogP) is 1.57. The van der Waals surface area contributed by atoms with Crippen molar-refractivity contribution >= 4 is 5.82 Å². The maximum atomic E-state index is 9.14. The second-order valence-corrected chi connectivity index (χ2v) is 3.91. The van der Waals surface area contributed by atoms with E-state index in [1.165, 1.54) is 12.8 Å². The molecular formula is C11H14N4. The molecule has 15 heavy (non-hydrogen) atoms. The Balaban J connectivity index is 2.47. The van der Waals surface area contributed by atoms with E-state index in [4.69, 9.17) is 5.26 Å². The molecule has 0 bridgehead atoms. The van der Waals surface area contributed by atoms with E-state index in [0.717, 1.165) is 30.2 Å². The van der Waals surface area contributed by atoms with Crippen LogP contribution in [0.15, 0.2) is 0 Å². The van der Waals surface area contributed by atoms with Gasteiger partial charge in [-0.3, -0.25) is 0 Å². The van der Waals surface area contributed by atoms with Crippen molar-refractivity contribution in [2.75, 3.05) is 18.0 Å². The van der Waals surface area contributed by atoms with Gasteiger partial charge in [0, 0.05) is 13.1 Å². The summed E-state index contributed by atoms with van der Waals surface area (Å²) in [5, 5.41) is 17.4. The molecule has 0 spiro atoms. The molecule has 1 aliphatic heterocycles. The van der Waals surface area contributed by atoms with Crippen LogP contribution in [0.25, 0.3) is 0 Å². The highest BCUT2D eigenvalue weighted by molar-refractivity contribution is 5.57. The second kappa shape index (κ2) is 3.85. The first kappa shape index (κ1) is 9.91. The van der Waals surface area contributed by atoms with E-state index in [0.29, 0.717) is 5.56 Å². The van der Waals surface area contributed by atoms with Gasteiger partial charge in [-0.2, -0.15) is 10.4 Å². The first-order chi connectivity index (χ1) is 7.24. The van der Waals surface area contributed by atoms with Gasteiger partial charge in [0.15, 0.2) is 5.82 Å². The van der Waals surface area contributed by atoms with E-state index in [9.17, 15) is 0 Å². The Kier molecular flexibility index (Phi) is 2.55. The summed E-state index contributed by atoms with van der Waals surface area (Å²) in [6, 6.07) is 2.24. The Bertz CT molecular complexity index is 413. The molecule has 1 saturated heterocycles. The maximum Gasteiger partial charge on any atom is 0.169 e. The Labute approximate surface area is 89.5 Å². The van der Waals surface area contributed by atoms with Gasteiger partial charge in [0.25, 0.3) is 0 Å². The number of nitrogens with zero attached hydrogens (tertiary/aromatic N) is 4. The fraction of sp³-hybridized carbons (Fsp3) is 0.545. The largest absolute Gasteiger partial charge is 0.354 e. The number of nitriles is 1. The zero-order chi connectivity index (χ0) is 10.8. The molecule has 1 aromatic rings. The normalized spacial score (nSPS) is 15.4. The molecule has 0 amide bonds. The van der Waals surface area contributed by atoms with Gasteiger partial charge in [0.05, 0.1) is 5.69 Å². The molecule has 1 aliphatic rings. The summed E-state index contributed by atoms with van der Waals surface area (Å²) < 4.78 is 0. The lowest BCUT2D eigenvalue weighted by Crippen LogP contribution is -2.21.